The number of tetrazole rings is 1. The molecular formula is C16H15N9O5S2. The third-order valence-electron chi connectivity index (χ3n) is 4.41. The molecule has 2 aromatic rings. The zero-order valence-corrected chi connectivity index (χ0v) is 17.7. The number of fused-ring (bicyclic) bond motifs is 1. The first-order valence-corrected chi connectivity index (χ1v) is 10.8. The number of carboxylic acid groups (broad SMARTS) is 1. The monoisotopic (exact) mass is 477 g/mol. The Labute approximate surface area is 187 Å². The van der Waals surface area contributed by atoms with Crippen molar-refractivity contribution in [1.82, 2.24) is 35.8 Å². The van der Waals surface area contributed by atoms with E-state index in [-0.39, 0.29) is 22.4 Å². The topological polar surface area (TPSA) is 202 Å². The highest BCUT2D eigenvalue weighted by Gasteiger charge is 2.53. The number of carboxylic acids is 1. The number of aromatic nitrogens is 5. The van der Waals surface area contributed by atoms with Crippen LogP contribution in [-0.2, 0) is 19.2 Å². The Hall–Kier alpha value is -3.79. The summed E-state index contributed by atoms with van der Waals surface area (Å²) in [7, 11) is 0. The van der Waals surface area contributed by atoms with E-state index in [4.69, 9.17) is 15.7 Å². The molecule has 4 rings (SSSR count). The van der Waals surface area contributed by atoms with Crippen molar-refractivity contribution >= 4 is 57.4 Å². The van der Waals surface area contributed by atoms with Gasteiger partial charge >= 0.3 is 5.97 Å². The van der Waals surface area contributed by atoms with E-state index in [1.165, 1.54) is 22.0 Å². The Bertz CT molecular complexity index is 1140. The van der Waals surface area contributed by atoms with Crippen LogP contribution in [0, 0.1) is 0 Å². The number of thiazole rings is 1. The lowest BCUT2D eigenvalue weighted by molar-refractivity contribution is -0.142. The summed E-state index contributed by atoms with van der Waals surface area (Å²) >= 11 is 2.49. The number of oxime groups is 1. The summed E-state index contributed by atoms with van der Waals surface area (Å²) in [5.74, 6) is -1.67. The Morgan fingerprint density at radius 2 is 2.34 bits per heavy atom. The molecule has 1 saturated heterocycles. The van der Waals surface area contributed by atoms with Crippen molar-refractivity contribution in [3.8, 4) is 0 Å². The van der Waals surface area contributed by atoms with Crippen molar-refractivity contribution in [2.45, 2.75) is 11.4 Å². The van der Waals surface area contributed by atoms with E-state index >= 15 is 0 Å². The van der Waals surface area contributed by atoms with Crippen LogP contribution in [0.4, 0.5) is 5.13 Å². The minimum absolute atomic E-state index is 0.0941. The number of nitrogen functional groups attached to an aromatic ring is 1. The summed E-state index contributed by atoms with van der Waals surface area (Å²) < 4.78 is 0. The SMILES string of the molecule is C=CC1=C(c2nn[nH]n2)N2C(=O)[C@@H](NC(=O)/C(=N\OCC(=O)O)c3csc(N)n3)[C@H]2SC1. The zero-order chi connectivity index (χ0) is 22.8. The molecule has 2 aliphatic heterocycles. The number of anilines is 1. The number of hydrogen-bond donors (Lipinski definition) is 4. The van der Waals surface area contributed by atoms with Gasteiger partial charge < -0.3 is 21.0 Å². The lowest BCUT2D eigenvalue weighted by atomic mass is 10.0. The maximum Gasteiger partial charge on any atom is 0.344 e. The van der Waals surface area contributed by atoms with Gasteiger partial charge in [0.25, 0.3) is 11.8 Å². The molecule has 0 unspecified atom stereocenters. The number of H-pyrrole nitrogens is 1. The summed E-state index contributed by atoms with van der Waals surface area (Å²) in [5.41, 5.74) is 6.64. The Kier molecular flexibility index (Phi) is 5.87. The number of hydrogen-bond acceptors (Lipinski definition) is 12. The molecule has 0 aliphatic carbocycles. The van der Waals surface area contributed by atoms with Gasteiger partial charge in [0.15, 0.2) is 10.8 Å². The molecule has 2 amide bonds. The number of nitrogens with zero attached hydrogens (tertiary/aromatic N) is 6. The number of carbonyl (C=O) groups excluding carboxylic acids is 2. The van der Waals surface area contributed by atoms with Crippen LogP contribution in [0.2, 0.25) is 0 Å². The smallest absolute Gasteiger partial charge is 0.344 e. The van der Waals surface area contributed by atoms with Crippen molar-refractivity contribution in [2.75, 3.05) is 18.1 Å². The summed E-state index contributed by atoms with van der Waals surface area (Å²) in [6.07, 6.45) is 1.62. The van der Waals surface area contributed by atoms with Gasteiger partial charge in [-0.15, -0.1) is 33.3 Å². The van der Waals surface area contributed by atoms with Gasteiger partial charge in [0.05, 0.1) is 5.70 Å². The molecule has 14 nitrogen and oxygen atoms in total. The van der Waals surface area contributed by atoms with Crippen LogP contribution < -0.4 is 11.1 Å². The quantitative estimate of drug-likeness (QED) is 0.207. The summed E-state index contributed by atoms with van der Waals surface area (Å²) in [6.45, 7) is 3.01. The Balaban J connectivity index is 1.54. The number of nitrogens with two attached hydrogens (primary N) is 1. The molecule has 2 atom stereocenters. The number of thioether (sulfide) groups is 1. The van der Waals surface area contributed by atoms with Gasteiger partial charge in [-0.25, -0.2) is 9.78 Å². The minimum atomic E-state index is -1.27. The third kappa shape index (κ3) is 3.92. The molecule has 4 heterocycles. The van der Waals surface area contributed by atoms with Crippen LogP contribution in [0.3, 0.4) is 0 Å². The predicted molar refractivity (Wildman–Crippen MR) is 113 cm³/mol. The van der Waals surface area contributed by atoms with E-state index < -0.39 is 35.8 Å². The zero-order valence-electron chi connectivity index (χ0n) is 16.1. The number of amides is 2. The second-order valence-corrected chi connectivity index (χ2v) is 8.35. The Morgan fingerprint density at radius 1 is 1.53 bits per heavy atom. The molecular weight excluding hydrogens is 462 g/mol. The molecule has 0 bridgehead atoms. The second kappa shape index (κ2) is 8.75. The van der Waals surface area contributed by atoms with Gasteiger partial charge in [-0.1, -0.05) is 17.8 Å². The normalized spacial score (nSPS) is 20.4. The molecule has 0 saturated carbocycles. The third-order valence-corrected chi connectivity index (χ3v) is 6.39. The lowest BCUT2D eigenvalue weighted by Gasteiger charge is -2.49. The molecule has 0 radical (unpaired) electrons. The molecule has 2 aromatic heterocycles. The molecule has 166 valence electrons. The molecule has 16 heteroatoms. The highest BCUT2D eigenvalue weighted by atomic mass is 32.2. The number of allylic oxidation sites excluding steroid dienone is 1. The van der Waals surface area contributed by atoms with Gasteiger partial charge in [-0.3, -0.25) is 14.5 Å². The first-order valence-electron chi connectivity index (χ1n) is 8.88. The van der Waals surface area contributed by atoms with Gasteiger partial charge in [-0.05, 0) is 10.8 Å². The van der Waals surface area contributed by atoms with Crippen LogP contribution in [0.25, 0.3) is 5.70 Å². The summed E-state index contributed by atoms with van der Waals surface area (Å²) in [6, 6.07) is -0.874. The average Bonchev–Trinajstić information content (AvgIpc) is 3.45. The second-order valence-electron chi connectivity index (χ2n) is 6.35. The highest BCUT2D eigenvalue weighted by molar-refractivity contribution is 8.00. The number of β-lactam (4-membered cyclic amide) rings is 1. The van der Waals surface area contributed by atoms with E-state index in [0.29, 0.717) is 11.4 Å². The van der Waals surface area contributed by atoms with E-state index in [1.54, 1.807) is 6.08 Å². The number of aliphatic carboxylic acids is 1. The van der Waals surface area contributed by atoms with E-state index in [9.17, 15) is 14.4 Å². The van der Waals surface area contributed by atoms with Gasteiger partial charge in [0, 0.05) is 11.1 Å². The number of rotatable bonds is 8. The molecule has 5 N–H and O–H groups in total. The summed E-state index contributed by atoms with van der Waals surface area (Å²) in [4.78, 5) is 46.7. The van der Waals surface area contributed by atoms with Crippen LogP contribution in [0.5, 0.6) is 0 Å². The number of carbonyl (C=O) groups is 3. The average molecular weight is 477 g/mol. The van der Waals surface area contributed by atoms with E-state index in [0.717, 1.165) is 16.9 Å². The molecule has 2 aliphatic rings. The largest absolute Gasteiger partial charge is 0.479 e. The summed E-state index contributed by atoms with van der Waals surface area (Å²) in [5, 5.41) is 29.9. The van der Waals surface area contributed by atoms with Crippen molar-refractivity contribution in [3.05, 3.63) is 35.1 Å². The van der Waals surface area contributed by atoms with Crippen molar-refractivity contribution in [3.63, 3.8) is 0 Å². The first kappa shape index (κ1) is 21.4. The standard InChI is InChI=1S/C16H15N9O5S2/c1-2-6-4-31-15-10(14(29)25(15)11(6)12-20-23-24-21-12)19-13(28)9(22-30-3-8(26)27)7-5-32-16(17)18-7/h2,5,10,15H,1,3-4H2,(H2,17,18)(H,19,28)(H,26,27)(H,20,21,23,24)/b22-9-/t10-,15-/m1/s1. The van der Waals surface area contributed by atoms with Gasteiger partial charge in [0.1, 0.15) is 17.1 Å². The lowest BCUT2D eigenvalue weighted by Crippen LogP contribution is -2.70. The molecule has 0 spiro atoms. The van der Waals surface area contributed by atoms with E-state index in [1.807, 2.05) is 0 Å². The van der Waals surface area contributed by atoms with Crippen molar-refractivity contribution < 1.29 is 24.3 Å². The van der Waals surface area contributed by atoms with E-state index in [2.05, 4.69) is 42.7 Å². The number of nitrogens with one attached hydrogen (secondary N) is 2. The van der Waals surface area contributed by atoms with Crippen LogP contribution >= 0.6 is 23.1 Å². The van der Waals surface area contributed by atoms with Crippen LogP contribution in [-0.4, -0.2) is 82.9 Å². The fraction of sp³-hybridized carbons (Fsp3) is 0.250. The van der Waals surface area contributed by atoms with Gasteiger partial charge in [-0.2, -0.15) is 5.21 Å². The predicted octanol–water partition coefficient (Wildman–Crippen LogP) is -0.959. The van der Waals surface area contributed by atoms with Crippen LogP contribution in [0.1, 0.15) is 11.5 Å². The fourth-order valence-electron chi connectivity index (χ4n) is 3.04. The fourth-order valence-corrected chi connectivity index (χ4v) is 4.92. The molecule has 0 aromatic carbocycles. The molecule has 32 heavy (non-hydrogen) atoms. The maximum absolute atomic E-state index is 12.9. The highest BCUT2D eigenvalue weighted by Crippen LogP contribution is 2.43. The minimum Gasteiger partial charge on any atom is -0.479 e. The molecule has 1 fully saturated rings. The van der Waals surface area contributed by atoms with Crippen LogP contribution in [0.15, 0.2) is 28.8 Å². The van der Waals surface area contributed by atoms with Crippen molar-refractivity contribution in [2.24, 2.45) is 5.16 Å². The maximum atomic E-state index is 12.9. The van der Waals surface area contributed by atoms with Gasteiger partial charge in [0.2, 0.25) is 12.4 Å². The first-order chi connectivity index (χ1) is 15.4. The Morgan fingerprint density at radius 3 is 2.97 bits per heavy atom. The van der Waals surface area contributed by atoms with Crippen molar-refractivity contribution in [1.29, 1.82) is 0 Å². The number of aromatic amines is 1.